The summed E-state index contributed by atoms with van der Waals surface area (Å²) in [6.45, 7) is 2.40. The summed E-state index contributed by atoms with van der Waals surface area (Å²) in [4.78, 5) is 0. The fourth-order valence-corrected chi connectivity index (χ4v) is 0.268. The third-order valence-electron chi connectivity index (χ3n) is 0.608. The van der Waals surface area contributed by atoms with Gasteiger partial charge in [0.1, 0.15) is 0 Å². The second-order valence-electron chi connectivity index (χ2n) is 2.72. The van der Waals surface area contributed by atoms with E-state index in [1.54, 1.807) is 0 Å². The molecular formula is C5H11ClF3NO. The highest BCUT2D eigenvalue weighted by molar-refractivity contribution is 5.85. The van der Waals surface area contributed by atoms with Gasteiger partial charge in [0.25, 0.3) is 0 Å². The maximum atomic E-state index is 11.3. The molecule has 2 N–H and O–H groups in total. The molecule has 0 heterocycles. The standard InChI is InChI=1S/C5H10F3NO.ClH/c1-4(2,9)3-10-5(6,7)8;/h3,9H2,1-2H3;1H. The molecule has 0 atom stereocenters. The van der Waals surface area contributed by atoms with E-state index in [0.717, 1.165) is 0 Å². The van der Waals surface area contributed by atoms with E-state index in [2.05, 4.69) is 4.74 Å². The van der Waals surface area contributed by atoms with E-state index in [1.807, 2.05) is 0 Å². The average molecular weight is 194 g/mol. The van der Waals surface area contributed by atoms with Crippen LogP contribution in [0.5, 0.6) is 0 Å². The molecule has 70 valence electrons. The molecule has 0 rings (SSSR count). The Morgan fingerprint density at radius 1 is 1.27 bits per heavy atom. The van der Waals surface area contributed by atoms with Crippen LogP contribution >= 0.6 is 12.4 Å². The molecule has 0 spiro atoms. The summed E-state index contributed by atoms with van der Waals surface area (Å²) < 4.78 is 37.4. The first-order valence-corrected chi connectivity index (χ1v) is 2.70. The van der Waals surface area contributed by atoms with Gasteiger partial charge in [-0.05, 0) is 13.8 Å². The molecule has 0 fully saturated rings. The van der Waals surface area contributed by atoms with Crippen LogP contribution in [0.25, 0.3) is 0 Å². The molecule has 0 aliphatic rings. The molecule has 11 heavy (non-hydrogen) atoms. The van der Waals surface area contributed by atoms with Gasteiger partial charge in [0.15, 0.2) is 0 Å². The van der Waals surface area contributed by atoms with E-state index in [1.165, 1.54) is 13.8 Å². The Bertz CT molecular complexity index is 95.3. The van der Waals surface area contributed by atoms with Gasteiger partial charge >= 0.3 is 6.36 Å². The second kappa shape index (κ2) is 4.13. The third-order valence-corrected chi connectivity index (χ3v) is 0.608. The summed E-state index contributed by atoms with van der Waals surface area (Å²) in [7, 11) is 0. The fourth-order valence-electron chi connectivity index (χ4n) is 0.268. The summed E-state index contributed by atoms with van der Waals surface area (Å²) >= 11 is 0. The van der Waals surface area contributed by atoms with E-state index in [9.17, 15) is 13.2 Å². The Morgan fingerprint density at radius 2 is 1.64 bits per heavy atom. The average Bonchev–Trinajstić information content (AvgIpc) is 1.57. The van der Waals surface area contributed by atoms with Gasteiger partial charge in [-0.25, -0.2) is 0 Å². The molecule has 0 unspecified atom stereocenters. The van der Waals surface area contributed by atoms with Gasteiger partial charge in [0.05, 0.1) is 6.61 Å². The first-order valence-electron chi connectivity index (χ1n) is 2.70. The van der Waals surface area contributed by atoms with Crippen LogP contribution in [0.3, 0.4) is 0 Å². The highest BCUT2D eigenvalue weighted by atomic mass is 35.5. The fraction of sp³-hybridized carbons (Fsp3) is 1.00. The third kappa shape index (κ3) is 13.1. The van der Waals surface area contributed by atoms with Gasteiger partial charge in [-0.2, -0.15) is 0 Å². The Labute approximate surface area is 69.3 Å². The zero-order chi connectivity index (χ0) is 8.41. The molecule has 0 aromatic rings. The molecular weight excluding hydrogens is 183 g/mol. The van der Waals surface area contributed by atoms with Crippen molar-refractivity contribution in [1.82, 2.24) is 0 Å². The zero-order valence-corrected chi connectivity index (χ0v) is 7.05. The number of halogens is 4. The Kier molecular flexibility index (Phi) is 5.10. The van der Waals surface area contributed by atoms with Crippen molar-refractivity contribution in [3.63, 3.8) is 0 Å². The zero-order valence-electron chi connectivity index (χ0n) is 6.23. The lowest BCUT2D eigenvalue weighted by atomic mass is 10.1. The van der Waals surface area contributed by atoms with Crippen molar-refractivity contribution in [2.24, 2.45) is 5.73 Å². The predicted octanol–water partition coefficient (Wildman–Crippen LogP) is 1.68. The van der Waals surface area contributed by atoms with Crippen LogP contribution in [0.15, 0.2) is 0 Å². The van der Waals surface area contributed by atoms with E-state index in [4.69, 9.17) is 5.73 Å². The highest BCUT2D eigenvalue weighted by Gasteiger charge is 2.31. The van der Waals surface area contributed by atoms with Crippen LogP contribution in [0.4, 0.5) is 13.2 Å². The summed E-state index contributed by atoms with van der Waals surface area (Å²) in [5, 5.41) is 0. The van der Waals surface area contributed by atoms with Crippen LogP contribution in [-0.4, -0.2) is 18.5 Å². The smallest absolute Gasteiger partial charge is 0.324 e. The number of hydrogen-bond acceptors (Lipinski definition) is 2. The van der Waals surface area contributed by atoms with Crippen LogP contribution in [0.2, 0.25) is 0 Å². The van der Waals surface area contributed by atoms with E-state index < -0.39 is 18.5 Å². The second-order valence-corrected chi connectivity index (χ2v) is 2.72. The van der Waals surface area contributed by atoms with Crippen LogP contribution in [0.1, 0.15) is 13.8 Å². The topological polar surface area (TPSA) is 35.2 Å². The lowest BCUT2D eigenvalue weighted by Crippen LogP contribution is -2.39. The molecule has 0 aliphatic carbocycles. The van der Waals surface area contributed by atoms with Gasteiger partial charge in [-0.1, -0.05) is 0 Å². The van der Waals surface area contributed by atoms with Gasteiger partial charge < -0.3 is 5.73 Å². The van der Waals surface area contributed by atoms with Crippen molar-refractivity contribution in [2.75, 3.05) is 6.61 Å². The summed E-state index contributed by atoms with van der Waals surface area (Å²) in [6.07, 6.45) is -4.57. The maximum Gasteiger partial charge on any atom is 0.522 e. The number of rotatable bonds is 2. The Morgan fingerprint density at radius 3 is 1.73 bits per heavy atom. The molecule has 2 nitrogen and oxygen atoms in total. The molecule has 0 aliphatic heterocycles. The number of ether oxygens (including phenoxy) is 1. The maximum absolute atomic E-state index is 11.3. The minimum Gasteiger partial charge on any atom is -0.324 e. The normalized spacial score (nSPS) is 12.5. The van der Waals surface area contributed by atoms with Crippen molar-refractivity contribution < 1.29 is 17.9 Å². The summed E-state index contributed by atoms with van der Waals surface area (Å²) in [6, 6.07) is 0. The molecule has 6 heteroatoms. The van der Waals surface area contributed by atoms with E-state index >= 15 is 0 Å². The number of hydrogen-bond donors (Lipinski definition) is 1. The molecule has 0 amide bonds. The lowest BCUT2D eigenvalue weighted by molar-refractivity contribution is -0.328. The Hall–Kier alpha value is -0.0000000000000000555. The number of alkyl halides is 3. The quantitative estimate of drug-likeness (QED) is 0.724. The van der Waals surface area contributed by atoms with E-state index in [0.29, 0.717) is 0 Å². The van der Waals surface area contributed by atoms with Crippen molar-refractivity contribution in [2.45, 2.75) is 25.7 Å². The first kappa shape index (κ1) is 13.6. The van der Waals surface area contributed by atoms with Gasteiger partial charge in [-0.3, -0.25) is 4.74 Å². The van der Waals surface area contributed by atoms with Gasteiger partial charge in [-0.15, -0.1) is 25.6 Å². The van der Waals surface area contributed by atoms with Gasteiger partial charge in [0, 0.05) is 5.54 Å². The van der Waals surface area contributed by atoms with Crippen molar-refractivity contribution in [1.29, 1.82) is 0 Å². The molecule has 0 saturated carbocycles. The largest absolute Gasteiger partial charge is 0.522 e. The highest BCUT2D eigenvalue weighted by Crippen LogP contribution is 2.17. The summed E-state index contributed by atoms with van der Waals surface area (Å²) in [5.41, 5.74) is 4.28. The number of nitrogens with two attached hydrogens (primary N) is 1. The molecule has 0 bridgehead atoms. The molecule has 0 aromatic carbocycles. The summed E-state index contributed by atoms with van der Waals surface area (Å²) in [5.74, 6) is 0. The van der Waals surface area contributed by atoms with E-state index in [-0.39, 0.29) is 12.4 Å². The molecule has 0 saturated heterocycles. The minimum absolute atomic E-state index is 0. The van der Waals surface area contributed by atoms with Crippen LogP contribution in [-0.2, 0) is 4.74 Å². The van der Waals surface area contributed by atoms with Crippen LogP contribution < -0.4 is 5.73 Å². The first-order chi connectivity index (χ1) is 4.21. The SMILES string of the molecule is CC(C)(N)COC(F)(F)F.Cl. The molecule has 0 radical (unpaired) electrons. The van der Waals surface area contributed by atoms with Crippen LogP contribution in [0, 0.1) is 0 Å². The Balaban J connectivity index is 0. The van der Waals surface area contributed by atoms with Crippen molar-refractivity contribution >= 4 is 12.4 Å². The van der Waals surface area contributed by atoms with Crippen molar-refractivity contribution in [3.8, 4) is 0 Å². The van der Waals surface area contributed by atoms with Crippen molar-refractivity contribution in [3.05, 3.63) is 0 Å². The van der Waals surface area contributed by atoms with Gasteiger partial charge in [0.2, 0.25) is 0 Å². The minimum atomic E-state index is -4.57. The lowest BCUT2D eigenvalue weighted by Gasteiger charge is -2.18. The monoisotopic (exact) mass is 193 g/mol. The molecule has 0 aromatic heterocycles. The predicted molar refractivity (Wildman–Crippen MR) is 37.5 cm³/mol.